The van der Waals surface area contributed by atoms with Gasteiger partial charge in [0, 0.05) is 30.9 Å². The summed E-state index contributed by atoms with van der Waals surface area (Å²) in [5.74, 6) is 0.399. The molecule has 180 valence electrons. The van der Waals surface area contributed by atoms with E-state index in [0.717, 1.165) is 17.9 Å². The summed E-state index contributed by atoms with van der Waals surface area (Å²) >= 11 is 0. The zero-order chi connectivity index (χ0) is 24.9. The van der Waals surface area contributed by atoms with Gasteiger partial charge in [0.05, 0.1) is 22.8 Å². The van der Waals surface area contributed by atoms with E-state index in [0.29, 0.717) is 23.4 Å². The van der Waals surface area contributed by atoms with E-state index < -0.39 is 9.84 Å². The Labute approximate surface area is 200 Å². The first kappa shape index (κ1) is 25.2. The molecule has 1 N–H and O–H groups in total. The van der Waals surface area contributed by atoms with E-state index in [9.17, 15) is 18.0 Å². The molecule has 0 bridgehead atoms. The SMILES string of the molecule is CCCN(C(=O)c1ccc(NC(=O)Cc2ccc(S(=O)(=O)CC)cc2)cc1)c1cc(C)nn1C. The van der Waals surface area contributed by atoms with Gasteiger partial charge in [0.2, 0.25) is 5.91 Å². The number of nitrogens with one attached hydrogen (secondary N) is 1. The molecule has 0 saturated heterocycles. The van der Waals surface area contributed by atoms with Crippen molar-refractivity contribution in [2.75, 3.05) is 22.5 Å². The third kappa shape index (κ3) is 5.91. The van der Waals surface area contributed by atoms with Gasteiger partial charge in [-0.2, -0.15) is 5.10 Å². The molecular formula is C25H30N4O4S. The lowest BCUT2D eigenvalue weighted by Crippen LogP contribution is -2.33. The number of anilines is 2. The average molecular weight is 483 g/mol. The van der Waals surface area contributed by atoms with Crippen LogP contribution in [0.15, 0.2) is 59.5 Å². The summed E-state index contributed by atoms with van der Waals surface area (Å²) in [7, 11) is -1.46. The van der Waals surface area contributed by atoms with Crippen molar-refractivity contribution in [1.29, 1.82) is 0 Å². The minimum absolute atomic E-state index is 0.0310. The molecule has 0 saturated carbocycles. The maximum Gasteiger partial charge on any atom is 0.259 e. The number of aryl methyl sites for hydroxylation is 2. The van der Waals surface area contributed by atoms with Gasteiger partial charge in [-0.15, -0.1) is 0 Å². The van der Waals surface area contributed by atoms with Crippen LogP contribution < -0.4 is 10.2 Å². The second-order valence-electron chi connectivity index (χ2n) is 8.07. The monoisotopic (exact) mass is 482 g/mol. The molecule has 8 nitrogen and oxygen atoms in total. The van der Waals surface area contributed by atoms with Crippen LogP contribution in [0.4, 0.5) is 11.5 Å². The van der Waals surface area contributed by atoms with Crippen LogP contribution in [0, 0.1) is 6.92 Å². The molecule has 0 unspecified atom stereocenters. The van der Waals surface area contributed by atoms with Crippen LogP contribution in [0.1, 0.15) is 41.9 Å². The van der Waals surface area contributed by atoms with Crippen molar-refractivity contribution in [2.24, 2.45) is 7.05 Å². The zero-order valence-electron chi connectivity index (χ0n) is 19.9. The molecule has 0 aliphatic carbocycles. The normalized spacial score (nSPS) is 11.3. The predicted octanol–water partition coefficient (Wildman–Crippen LogP) is 3.76. The Kier molecular flexibility index (Phi) is 7.88. The van der Waals surface area contributed by atoms with Crippen molar-refractivity contribution < 1.29 is 18.0 Å². The molecule has 34 heavy (non-hydrogen) atoms. The largest absolute Gasteiger partial charge is 0.326 e. The summed E-state index contributed by atoms with van der Waals surface area (Å²) in [5.41, 5.74) is 2.63. The lowest BCUT2D eigenvalue weighted by atomic mass is 10.1. The van der Waals surface area contributed by atoms with Gasteiger partial charge in [0.25, 0.3) is 5.91 Å². The molecule has 3 rings (SSSR count). The zero-order valence-corrected chi connectivity index (χ0v) is 20.7. The highest BCUT2D eigenvalue weighted by Gasteiger charge is 2.20. The smallest absolute Gasteiger partial charge is 0.259 e. The second kappa shape index (κ2) is 10.6. The van der Waals surface area contributed by atoms with Crippen molar-refractivity contribution in [3.05, 3.63) is 71.4 Å². The number of aromatic nitrogens is 2. The van der Waals surface area contributed by atoms with Gasteiger partial charge in [-0.3, -0.25) is 19.2 Å². The maximum atomic E-state index is 13.1. The van der Waals surface area contributed by atoms with Crippen LogP contribution in [-0.4, -0.2) is 42.3 Å². The van der Waals surface area contributed by atoms with Crippen molar-refractivity contribution in [1.82, 2.24) is 9.78 Å². The molecule has 0 radical (unpaired) electrons. The van der Waals surface area contributed by atoms with Crippen molar-refractivity contribution in [3.8, 4) is 0 Å². The van der Waals surface area contributed by atoms with E-state index in [1.165, 1.54) is 12.1 Å². The Morgan fingerprint density at radius 2 is 1.68 bits per heavy atom. The van der Waals surface area contributed by atoms with E-state index >= 15 is 0 Å². The maximum absolute atomic E-state index is 13.1. The average Bonchev–Trinajstić information content (AvgIpc) is 3.15. The Morgan fingerprint density at radius 3 is 2.21 bits per heavy atom. The molecule has 2 aromatic carbocycles. The van der Waals surface area contributed by atoms with Crippen molar-refractivity contribution in [2.45, 2.75) is 38.5 Å². The number of nitrogens with zero attached hydrogens (tertiary/aromatic N) is 3. The summed E-state index contributed by atoms with van der Waals surface area (Å²) in [6.07, 6.45) is 0.909. The molecule has 0 atom stereocenters. The summed E-state index contributed by atoms with van der Waals surface area (Å²) < 4.78 is 25.5. The van der Waals surface area contributed by atoms with E-state index in [-0.39, 0.29) is 28.9 Å². The van der Waals surface area contributed by atoms with Gasteiger partial charge in [-0.05, 0) is 55.3 Å². The van der Waals surface area contributed by atoms with Gasteiger partial charge < -0.3 is 5.32 Å². The van der Waals surface area contributed by atoms with Gasteiger partial charge >= 0.3 is 0 Å². The third-order valence-corrected chi connectivity index (χ3v) is 7.14. The summed E-state index contributed by atoms with van der Waals surface area (Å²) in [5, 5.41) is 7.15. The number of amides is 2. The number of rotatable bonds is 9. The predicted molar refractivity (Wildman–Crippen MR) is 133 cm³/mol. The van der Waals surface area contributed by atoms with E-state index in [4.69, 9.17) is 0 Å². The van der Waals surface area contributed by atoms with Crippen LogP contribution in [0.5, 0.6) is 0 Å². The highest BCUT2D eigenvalue weighted by atomic mass is 32.2. The Morgan fingerprint density at radius 1 is 1.03 bits per heavy atom. The molecule has 1 aromatic heterocycles. The first-order chi connectivity index (χ1) is 16.1. The Hall–Kier alpha value is -3.46. The van der Waals surface area contributed by atoms with Crippen LogP contribution >= 0.6 is 0 Å². The van der Waals surface area contributed by atoms with Crippen LogP contribution in [0.2, 0.25) is 0 Å². The standard InChI is InChI=1S/C25H30N4O4S/c1-5-15-29(24-16-18(3)27-28(24)4)25(31)20-9-11-21(12-10-20)26-23(30)17-19-7-13-22(14-8-19)34(32,33)6-2/h7-14,16H,5-6,15,17H2,1-4H3,(H,26,30). The Balaban J connectivity index is 1.66. The number of benzene rings is 2. The topological polar surface area (TPSA) is 101 Å². The van der Waals surface area contributed by atoms with E-state index in [1.54, 1.807) is 52.9 Å². The molecule has 0 fully saturated rings. The number of carbonyl (C=O) groups excluding carboxylic acids is 2. The summed E-state index contributed by atoms with van der Waals surface area (Å²) in [6, 6.07) is 15.0. The first-order valence-electron chi connectivity index (χ1n) is 11.2. The fraction of sp³-hybridized carbons (Fsp3) is 0.320. The van der Waals surface area contributed by atoms with Gasteiger partial charge in [0.15, 0.2) is 9.84 Å². The molecule has 3 aromatic rings. The van der Waals surface area contributed by atoms with Crippen LogP contribution in [0.25, 0.3) is 0 Å². The third-order valence-electron chi connectivity index (χ3n) is 5.39. The van der Waals surface area contributed by atoms with Gasteiger partial charge in [0.1, 0.15) is 5.82 Å². The fourth-order valence-corrected chi connectivity index (χ4v) is 4.50. The quantitative estimate of drug-likeness (QED) is 0.500. The Bertz CT molecular complexity index is 1260. The highest BCUT2D eigenvalue weighted by Crippen LogP contribution is 2.20. The summed E-state index contributed by atoms with van der Waals surface area (Å²) in [4.78, 5) is 27.5. The fourth-order valence-electron chi connectivity index (χ4n) is 3.62. The molecule has 0 spiro atoms. The minimum Gasteiger partial charge on any atom is -0.326 e. The molecule has 1 heterocycles. The number of carbonyl (C=O) groups is 2. The van der Waals surface area contributed by atoms with E-state index in [2.05, 4.69) is 10.4 Å². The molecule has 9 heteroatoms. The van der Waals surface area contributed by atoms with Gasteiger partial charge in [-0.25, -0.2) is 8.42 Å². The van der Waals surface area contributed by atoms with Crippen LogP contribution in [0.3, 0.4) is 0 Å². The molecule has 0 aliphatic heterocycles. The first-order valence-corrected chi connectivity index (χ1v) is 12.8. The minimum atomic E-state index is -3.27. The van der Waals surface area contributed by atoms with Crippen molar-refractivity contribution in [3.63, 3.8) is 0 Å². The highest BCUT2D eigenvalue weighted by molar-refractivity contribution is 7.91. The molecular weight excluding hydrogens is 452 g/mol. The number of sulfone groups is 1. The number of hydrogen-bond donors (Lipinski definition) is 1. The van der Waals surface area contributed by atoms with Gasteiger partial charge in [-0.1, -0.05) is 26.0 Å². The lowest BCUT2D eigenvalue weighted by Gasteiger charge is -2.22. The molecule has 0 aliphatic rings. The second-order valence-corrected chi connectivity index (χ2v) is 10.4. The van der Waals surface area contributed by atoms with Crippen LogP contribution in [-0.2, 0) is 28.1 Å². The molecule has 2 amide bonds. The van der Waals surface area contributed by atoms with E-state index in [1.807, 2.05) is 27.0 Å². The summed E-state index contributed by atoms with van der Waals surface area (Å²) in [6.45, 7) is 6.06. The van der Waals surface area contributed by atoms with Crippen molar-refractivity contribution >= 4 is 33.2 Å². The number of hydrogen-bond acceptors (Lipinski definition) is 5. The lowest BCUT2D eigenvalue weighted by molar-refractivity contribution is -0.115.